The Morgan fingerprint density at radius 3 is 2.18 bits per heavy atom. The SMILES string of the molecule is Fc1c[n+]([S-])c(F)c(F)c1F. The Bertz CT molecular complexity index is 275. The van der Waals surface area contributed by atoms with E-state index in [4.69, 9.17) is 0 Å². The summed E-state index contributed by atoms with van der Waals surface area (Å²) in [4.78, 5) is 0. The average molecular weight is 183 g/mol. The molecule has 11 heavy (non-hydrogen) atoms. The predicted molar refractivity (Wildman–Crippen MR) is 29.2 cm³/mol. The van der Waals surface area contributed by atoms with Crippen molar-refractivity contribution in [1.82, 2.24) is 0 Å². The molecule has 0 aromatic carbocycles. The van der Waals surface area contributed by atoms with E-state index < -0.39 is 23.4 Å². The van der Waals surface area contributed by atoms with E-state index >= 15 is 0 Å². The lowest BCUT2D eigenvalue weighted by molar-refractivity contribution is -0.535. The van der Waals surface area contributed by atoms with Crippen molar-refractivity contribution in [3.63, 3.8) is 0 Å². The summed E-state index contributed by atoms with van der Waals surface area (Å²) in [5.41, 5.74) is 0. The number of nitrogens with zero attached hydrogens (tertiary/aromatic N) is 1. The van der Waals surface area contributed by atoms with E-state index in [2.05, 4.69) is 12.8 Å². The van der Waals surface area contributed by atoms with Gasteiger partial charge in [-0.1, -0.05) is 0 Å². The van der Waals surface area contributed by atoms with E-state index in [0.717, 1.165) is 0 Å². The quantitative estimate of drug-likeness (QED) is 0.249. The molecule has 0 aliphatic rings. The Labute approximate surface area is 64.8 Å². The van der Waals surface area contributed by atoms with Gasteiger partial charge < -0.3 is 12.8 Å². The Balaban J connectivity index is 3.46. The highest BCUT2D eigenvalue weighted by Crippen LogP contribution is 2.08. The molecular formula is C5HF4NS. The third-order valence-corrected chi connectivity index (χ3v) is 1.27. The van der Waals surface area contributed by atoms with Gasteiger partial charge in [-0.2, -0.15) is 13.2 Å². The summed E-state index contributed by atoms with van der Waals surface area (Å²) >= 11 is 4.08. The minimum Gasteiger partial charge on any atom is -0.424 e. The second-order valence-corrected chi connectivity index (χ2v) is 2.11. The molecule has 0 atom stereocenters. The minimum absolute atomic E-state index is 0.105. The van der Waals surface area contributed by atoms with Crippen LogP contribution >= 0.6 is 0 Å². The predicted octanol–water partition coefficient (Wildman–Crippen LogP) is 0.841. The fourth-order valence-electron chi connectivity index (χ4n) is 0.508. The molecule has 0 saturated heterocycles. The lowest BCUT2D eigenvalue weighted by atomic mass is 10.4. The zero-order chi connectivity index (χ0) is 8.59. The maximum Gasteiger partial charge on any atom is 0.384 e. The largest absolute Gasteiger partial charge is 0.424 e. The molecule has 0 radical (unpaired) electrons. The van der Waals surface area contributed by atoms with Gasteiger partial charge in [0.05, 0.1) is 0 Å². The van der Waals surface area contributed by atoms with E-state index in [1.807, 2.05) is 0 Å². The van der Waals surface area contributed by atoms with Gasteiger partial charge >= 0.3 is 5.95 Å². The molecule has 0 saturated carbocycles. The first-order valence-electron chi connectivity index (χ1n) is 2.46. The van der Waals surface area contributed by atoms with Crippen molar-refractivity contribution in [3.8, 4) is 0 Å². The summed E-state index contributed by atoms with van der Waals surface area (Å²) in [5.74, 6) is -6.89. The van der Waals surface area contributed by atoms with Crippen LogP contribution in [0.1, 0.15) is 0 Å². The van der Waals surface area contributed by atoms with Gasteiger partial charge in [-0.15, -0.1) is 4.39 Å². The van der Waals surface area contributed by atoms with Gasteiger partial charge in [0.2, 0.25) is 11.6 Å². The van der Waals surface area contributed by atoms with Gasteiger partial charge in [-0.3, -0.25) is 3.97 Å². The molecule has 0 aliphatic heterocycles. The summed E-state index contributed by atoms with van der Waals surface area (Å²) in [6.45, 7) is 0. The number of aromatic nitrogens is 1. The maximum atomic E-state index is 12.2. The highest BCUT2D eigenvalue weighted by molar-refractivity contribution is 7.50. The number of halogens is 4. The first-order valence-corrected chi connectivity index (χ1v) is 2.82. The van der Waals surface area contributed by atoms with Crippen LogP contribution in [0.25, 0.3) is 0 Å². The molecule has 60 valence electrons. The van der Waals surface area contributed by atoms with Crippen molar-refractivity contribution in [2.45, 2.75) is 0 Å². The molecule has 0 bridgehead atoms. The highest BCUT2D eigenvalue weighted by atomic mass is 32.1. The van der Waals surface area contributed by atoms with E-state index in [9.17, 15) is 17.6 Å². The van der Waals surface area contributed by atoms with Crippen molar-refractivity contribution in [1.29, 1.82) is 0 Å². The van der Waals surface area contributed by atoms with Crippen LogP contribution in [0.3, 0.4) is 0 Å². The molecule has 0 fully saturated rings. The third-order valence-electron chi connectivity index (χ3n) is 1.01. The number of hydrogen-bond donors (Lipinski definition) is 0. The van der Waals surface area contributed by atoms with Crippen LogP contribution in [-0.2, 0) is 12.8 Å². The molecule has 1 aromatic heterocycles. The van der Waals surface area contributed by atoms with E-state index in [0.29, 0.717) is 6.20 Å². The van der Waals surface area contributed by atoms with Crippen molar-refractivity contribution >= 4 is 12.8 Å². The molecule has 0 aliphatic carbocycles. The lowest BCUT2D eigenvalue weighted by Crippen LogP contribution is -2.34. The normalized spacial score (nSPS) is 10.2. The van der Waals surface area contributed by atoms with Gasteiger partial charge in [0, 0.05) is 0 Å². The molecule has 1 aromatic rings. The van der Waals surface area contributed by atoms with Crippen LogP contribution in [0.2, 0.25) is 0 Å². The summed E-state index contributed by atoms with van der Waals surface area (Å²) in [5, 5.41) is 0. The Morgan fingerprint density at radius 2 is 1.64 bits per heavy atom. The standard InChI is InChI=1S/C5HF4NS/c6-2-1-10(11)5(9)4(8)3(2)7/h1H. The van der Waals surface area contributed by atoms with Crippen LogP contribution in [0.15, 0.2) is 6.20 Å². The van der Waals surface area contributed by atoms with Gasteiger partial charge in [0.25, 0.3) is 5.82 Å². The van der Waals surface area contributed by atoms with Gasteiger partial charge in [0.1, 0.15) is 0 Å². The van der Waals surface area contributed by atoms with Crippen molar-refractivity contribution < 1.29 is 21.5 Å². The molecule has 0 spiro atoms. The topological polar surface area (TPSA) is 3.88 Å². The molecule has 1 nitrogen and oxygen atoms in total. The van der Waals surface area contributed by atoms with Crippen molar-refractivity contribution in [3.05, 3.63) is 29.6 Å². The number of pyridine rings is 1. The second-order valence-electron chi connectivity index (χ2n) is 1.72. The van der Waals surface area contributed by atoms with E-state index in [-0.39, 0.29) is 3.97 Å². The van der Waals surface area contributed by atoms with Crippen LogP contribution in [0.4, 0.5) is 17.6 Å². The summed E-state index contributed by atoms with van der Waals surface area (Å²) in [6, 6.07) is 0. The molecule has 0 unspecified atom stereocenters. The lowest BCUT2D eigenvalue weighted by Gasteiger charge is -1.99. The van der Waals surface area contributed by atoms with Gasteiger partial charge in [0.15, 0.2) is 6.20 Å². The molecule has 1 heterocycles. The maximum absolute atomic E-state index is 12.2. The van der Waals surface area contributed by atoms with E-state index in [1.165, 1.54) is 0 Å². The van der Waals surface area contributed by atoms with Crippen molar-refractivity contribution in [2.75, 3.05) is 0 Å². The zero-order valence-corrected chi connectivity index (χ0v) is 5.76. The zero-order valence-electron chi connectivity index (χ0n) is 4.94. The minimum atomic E-state index is -1.90. The molecule has 0 amide bonds. The van der Waals surface area contributed by atoms with Crippen LogP contribution in [-0.4, -0.2) is 0 Å². The highest BCUT2D eigenvalue weighted by Gasteiger charge is 2.20. The van der Waals surface area contributed by atoms with Crippen LogP contribution < -0.4 is 3.97 Å². The summed E-state index contributed by atoms with van der Waals surface area (Å²) < 4.78 is 48.8. The van der Waals surface area contributed by atoms with Crippen LogP contribution in [0, 0.1) is 23.4 Å². The Hall–Kier alpha value is -0.910. The fourth-order valence-corrected chi connectivity index (χ4v) is 0.681. The monoisotopic (exact) mass is 183 g/mol. The Morgan fingerprint density at radius 1 is 1.09 bits per heavy atom. The summed E-state index contributed by atoms with van der Waals surface area (Å²) in [6.07, 6.45) is 0.336. The van der Waals surface area contributed by atoms with Gasteiger partial charge in [-0.05, 0) is 0 Å². The third kappa shape index (κ3) is 1.25. The fraction of sp³-hybridized carbons (Fsp3) is 0. The molecule has 6 heteroatoms. The first kappa shape index (κ1) is 8.19. The van der Waals surface area contributed by atoms with Gasteiger partial charge in [-0.25, -0.2) is 0 Å². The van der Waals surface area contributed by atoms with E-state index in [1.54, 1.807) is 0 Å². The smallest absolute Gasteiger partial charge is 0.384 e. The molecular weight excluding hydrogens is 182 g/mol. The Kier molecular flexibility index (Phi) is 1.95. The second kappa shape index (κ2) is 2.61. The van der Waals surface area contributed by atoms with Crippen molar-refractivity contribution in [2.24, 2.45) is 0 Å². The first-order chi connectivity index (χ1) is 5.04. The molecule has 1 rings (SSSR count). The van der Waals surface area contributed by atoms with Crippen LogP contribution in [0.5, 0.6) is 0 Å². The molecule has 0 N–H and O–H groups in total. The number of rotatable bonds is 0. The average Bonchev–Trinajstić information content (AvgIpc) is 1.97. The summed E-state index contributed by atoms with van der Waals surface area (Å²) in [7, 11) is 0. The number of hydrogen-bond acceptors (Lipinski definition) is 1.